The summed E-state index contributed by atoms with van der Waals surface area (Å²) >= 11 is 0. The molecule has 0 unspecified atom stereocenters. The summed E-state index contributed by atoms with van der Waals surface area (Å²) < 4.78 is 0. The lowest BCUT2D eigenvalue weighted by Gasteiger charge is -2.08. The van der Waals surface area contributed by atoms with Crippen LogP contribution in [-0.4, -0.2) is 23.4 Å². The van der Waals surface area contributed by atoms with Gasteiger partial charge in [0, 0.05) is 6.54 Å². The van der Waals surface area contributed by atoms with Gasteiger partial charge in [0.2, 0.25) is 0 Å². The summed E-state index contributed by atoms with van der Waals surface area (Å²) in [5, 5.41) is 2.62. The number of amides is 3. The monoisotopic (exact) mass is 258 g/mol. The van der Waals surface area contributed by atoms with E-state index < -0.39 is 0 Å². The molecule has 0 spiro atoms. The van der Waals surface area contributed by atoms with E-state index >= 15 is 0 Å². The maximum Gasteiger partial charge on any atom is 0.328 e. The molecule has 1 saturated heterocycles. The second-order valence-electron chi connectivity index (χ2n) is 4.85. The summed E-state index contributed by atoms with van der Waals surface area (Å²) in [5.41, 5.74) is 4.73. The highest BCUT2D eigenvalue weighted by Crippen LogP contribution is 2.21. The zero-order chi connectivity index (χ0) is 14.2. The predicted octanol–water partition coefficient (Wildman–Crippen LogP) is 2.52. The minimum absolute atomic E-state index is 0.258. The number of hydrogen-bond acceptors (Lipinski definition) is 2. The van der Waals surface area contributed by atoms with Crippen LogP contribution in [-0.2, 0) is 4.79 Å². The molecule has 3 amide bonds. The quantitative estimate of drug-likeness (QED) is 0.654. The summed E-state index contributed by atoms with van der Waals surface area (Å²) in [6.07, 6.45) is 1.76. The molecule has 0 atom stereocenters. The molecule has 4 nitrogen and oxygen atoms in total. The van der Waals surface area contributed by atoms with Crippen molar-refractivity contribution in [2.75, 3.05) is 6.54 Å². The molecule has 100 valence electrons. The summed E-state index contributed by atoms with van der Waals surface area (Å²) in [6.45, 7) is 8.21. The topological polar surface area (TPSA) is 49.4 Å². The van der Waals surface area contributed by atoms with E-state index in [2.05, 4.69) is 17.4 Å². The summed E-state index contributed by atoms with van der Waals surface area (Å²) in [6, 6.07) is 3.79. The number of urea groups is 1. The third-order valence-electron chi connectivity index (χ3n) is 3.31. The maximum absolute atomic E-state index is 12.0. The molecule has 1 aromatic carbocycles. The number of aryl methyl sites for hydroxylation is 3. The minimum Gasteiger partial charge on any atom is -0.303 e. The van der Waals surface area contributed by atoms with Gasteiger partial charge in [0.25, 0.3) is 5.91 Å². The average Bonchev–Trinajstić information content (AvgIpc) is 2.58. The van der Waals surface area contributed by atoms with E-state index in [1.54, 1.807) is 13.0 Å². The molecule has 0 aromatic heterocycles. The predicted molar refractivity (Wildman–Crippen MR) is 74.5 cm³/mol. The van der Waals surface area contributed by atoms with Gasteiger partial charge in [-0.05, 0) is 50.5 Å². The molecule has 0 saturated carbocycles. The van der Waals surface area contributed by atoms with Gasteiger partial charge in [-0.15, -0.1) is 0 Å². The first-order chi connectivity index (χ1) is 8.93. The second-order valence-corrected chi connectivity index (χ2v) is 4.85. The van der Waals surface area contributed by atoms with Gasteiger partial charge in [0.05, 0.1) is 0 Å². The van der Waals surface area contributed by atoms with E-state index in [-0.39, 0.29) is 11.9 Å². The van der Waals surface area contributed by atoms with E-state index in [9.17, 15) is 9.59 Å². The number of imide groups is 1. The van der Waals surface area contributed by atoms with E-state index in [1.807, 2.05) is 20.8 Å². The Bertz CT molecular complexity index is 565. The Hall–Kier alpha value is -2.10. The largest absolute Gasteiger partial charge is 0.328 e. The number of nitrogens with zero attached hydrogens (tertiary/aromatic N) is 1. The Morgan fingerprint density at radius 1 is 1.16 bits per heavy atom. The number of benzene rings is 1. The molecule has 1 heterocycles. The van der Waals surface area contributed by atoms with Crippen LogP contribution in [0.5, 0.6) is 0 Å². The lowest BCUT2D eigenvalue weighted by Crippen LogP contribution is -2.30. The SMILES string of the molecule is CCN1C(=O)N/C(=C/c2c(C)cc(C)cc2C)C1=O. The summed E-state index contributed by atoms with van der Waals surface area (Å²) in [5.74, 6) is -0.258. The fourth-order valence-corrected chi connectivity index (χ4v) is 2.42. The third kappa shape index (κ3) is 2.38. The van der Waals surface area contributed by atoms with Crippen molar-refractivity contribution >= 4 is 18.0 Å². The molecule has 1 fully saturated rings. The van der Waals surface area contributed by atoms with Crippen LogP contribution in [0.3, 0.4) is 0 Å². The number of carbonyl (C=O) groups excluding carboxylic acids is 2. The zero-order valence-electron chi connectivity index (χ0n) is 11.7. The second kappa shape index (κ2) is 4.88. The molecule has 1 aliphatic rings. The lowest BCUT2D eigenvalue weighted by atomic mass is 9.99. The third-order valence-corrected chi connectivity index (χ3v) is 3.31. The van der Waals surface area contributed by atoms with E-state index in [1.165, 1.54) is 10.5 Å². The van der Waals surface area contributed by atoms with Crippen LogP contribution >= 0.6 is 0 Å². The highest BCUT2D eigenvalue weighted by atomic mass is 16.2. The highest BCUT2D eigenvalue weighted by molar-refractivity contribution is 6.14. The van der Waals surface area contributed by atoms with Crippen LogP contribution in [0.25, 0.3) is 6.08 Å². The Kier molecular flexibility index (Phi) is 3.42. The Balaban J connectivity index is 2.43. The van der Waals surface area contributed by atoms with Crippen LogP contribution < -0.4 is 5.32 Å². The van der Waals surface area contributed by atoms with Crippen molar-refractivity contribution in [2.24, 2.45) is 0 Å². The lowest BCUT2D eigenvalue weighted by molar-refractivity contribution is -0.122. The molecule has 0 bridgehead atoms. The highest BCUT2D eigenvalue weighted by Gasteiger charge is 2.32. The molecule has 0 aliphatic carbocycles. The molecule has 4 heteroatoms. The van der Waals surface area contributed by atoms with Gasteiger partial charge in [-0.25, -0.2) is 4.79 Å². The number of hydrogen-bond donors (Lipinski definition) is 1. The van der Waals surface area contributed by atoms with Crippen LogP contribution in [0.15, 0.2) is 17.8 Å². The fourth-order valence-electron chi connectivity index (χ4n) is 2.42. The fraction of sp³-hybridized carbons (Fsp3) is 0.333. The minimum atomic E-state index is -0.346. The standard InChI is InChI=1S/C15H18N2O2/c1-5-17-14(18)13(16-15(17)19)8-12-10(3)6-9(2)7-11(12)4/h6-8H,5H2,1-4H3,(H,16,19)/b13-8+. The first-order valence-corrected chi connectivity index (χ1v) is 6.36. The van der Waals surface area contributed by atoms with Crippen molar-refractivity contribution < 1.29 is 9.59 Å². The van der Waals surface area contributed by atoms with Gasteiger partial charge >= 0.3 is 6.03 Å². The van der Waals surface area contributed by atoms with E-state index in [0.29, 0.717) is 12.2 Å². The number of rotatable bonds is 2. The van der Waals surface area contributed by atoms with Crippen LogP contribution in [0.1, 0.15) is 29.2 Å². The molecule has 2 rings (SSSR count). The van der Waals surface area contributed by atoms with Crippen molar-refractivity contribution in [1.82, 2.24) is 10.2 Å². The number of nitrogens with one attached hydrogen (secondary N) is 1. The summed E-state index contributed by atoms with van der Waals surface area (Å²) in [4.78, 5) is 24.8. The molecule has 19 heavy (non-hydrogen) atoms. The molecule has 1 aromatic rings. The van der Waals surface area contributed by atoms with Crippen molar-refractivity contribution in [2.45, 2.75) is 27.7 Å². The molecule has 1 aliphatic heterocycles. The Morgan fingerprint density at radius 2 is 1.74 bits per heavy atom. The van der Waals surface area contributed by atoms with Crippen LogP contribution in [0.4, 0.5) is 4.79 Å². The smallest absolute Gasteiger partial charge is 0.303 e. The van der Waals surface area contributed by atoms with Crippen molar-refractivity contribution in [1.29, 1.82) is 0 Å². The molecular weight excluding hydrogens is 240 g/mol. The van der Waals surface area contributed by atoms with E-state index in [0.717, 1.165) is 16.7 Å². The van der Waals surface area contributed by atoms with Gasteiger partial charge in [0.15, 0.2) is 0 Å². The van der Waals surface area contributed by atoms with Crippen LogP contribution in [0, 0.1) is 20.8 Å². The van der Waals surface area contributed by atoms with Gasteiger partial charge in [-0.1, -0.05) is 17.7 Å². The first kappa shape index (κ1) is 13.3. The average molecular weight is 258 g/mol. The Labute approximate surface area is 113 Å². The first-order valence-electron chi connectivity index (χ1n) is 6.36. The molecule has 0 radical (unpaired) electrons. The van der Waals surface area contributed by atoms with Gasteiger partial charge in [0.1, 0.15) is 5.70 Å². The number of carbonyl (C=O) groups is 2. The van der Waals surface area contributed by atoms with Gasteiger partial charge in [-0.2, -0.15) is 0 Å². The summed E-state index contributed by atoms with van der Waals surface area (Å²) in [7, 11) is 0. The molecular formula is C15H18N2O2. The molecule has 1 N–H and O–H groups in total. The normalized spacial score (nSPS) is 17.3. The van der Waals surface area contributed by atoms with Gasteiger partial charge < -0.3 is 5.32 Å². The zero-order valence-corrected chi connectivity index (χ0v) is 11.7. The number of likely N-dealkylation sites (N-methyl/N-ethyl adjacent to an activating group) is 1. The Morgan fingerprint density at radius 3 is 2.21 bits per heavy atom. The van der Waals surface area contributed by atoms with Crippen molar-refractivity contribution in [3.05, 3.63) is 40.1 Å². The van der Waals surface area contributed by atoms with Crippen molar-refractivity contribution in [3.63, 3.8) is 0 Å². The van der Waals surface area contributed by atoms with Crippen molar-refractivity contribution in [3.8, 4) is 0 Å². The van der Waals surface area contributed by atoms with Crippen LogP contribution in [0.2, 0.25) is 0 Å². The maximum atomic E-state index is 12.0. The van der Waals surface area contributed by atoms with E-state index in [4.69, 9.17) is 0 Å². The van der Waals surface area contributed by atoms with Gasteiger partial charge in [-0.3, -0.25) is 9.69 Å².